The van der Waals surface area contributed by atoms with Crippen LogP contribution in [0.5, 0.6) is 0 Å². The van der Waals surface area contributed by atoms with Gasteiger partial charge in [0, 0.05) is 23.9 Å². The third-order valence-corrected chi connectivity index (χ3v) is 2.72. The molecule has 0 radical (unpaired) electrons. The Hall–Kier alpha value is -2.76. The summed E-state index contributed by atoms with van der Waals surface area (Å²) < 4.78 is 4.75. The number of esters is 1. The first-order chi connectivity index (χ1) is 10.6. The second-order valence-corrected chi connectivity index (χ2v) is 4.31. The molecule has 1 rings (SSSR count). The molecule has 0 bridgehead atoms. The highest BCUT2D eigenvalue weighted by atomic mass is 16.5. The molecule has 6 nitrogen and oxygen atoms in total. The number of carbonyl (C=O) groups is 3. The number of rotatable bonds is 8. The monoisotopic (exact) mass is 302 g/mol. The van der Waals surface area contributed by atoms with Crippen molar-refractivity contribution < 1.29 is 19.1 Å². The molecule has 1 N–H and O–H groups in total. The smallest absolute Gasteiger partial charge is 0.306 e. The zero-order valence-corrected chi connectivity index (χ0v) is 12.4. The summed E-state index contributed by atoms with van der Waals surface area (Å²) in [5, 5.41) is 2.66. The van der Waals surface area contributed by atoms with Crippen molar-refractivity contribution in [2.75, 3.05) is 11.9 Å². The van der Waals surface area contributed by atoms with E-state index in [4.69, 9.17) is 4.74 Å². The Bertz CT molecular complexity index is 594. The molecule has 0 unspecified atom stereocenters. The number of hydrogen-bond acceptors (Lipinski definition) is 5. The van der Waals surface area contributed by atoms with Crippen LogP contribution in [-0.4, -0.2) is 31.5 Å². The Morgan fingerprint density at radius 2 is 2.09 bits per heavy atom. The molecule has 0 aliphatic heterocycles. The van der Waals surface area contributed by atoms with E-state index in [1.165, 1.54) is 6.20 Å². The van der Waals surface area contributed by atoms with Gasteiger partial charge in [-0.15, -0.1) is 0 Å². The van der Waals surface area contributed by atoms with Gasteiger partial charge in [-0.25, -0.2) is 0 Å². The predicted molar refractivity (Wildman–Crippen MR) is 84.9 cm³/mol. The molecule has 1 amide bonds. The summed E-state index contributed by atoms with van der Waals surface area (Å²) in [5.41, 5.74) is 1.62. The molecule has 22 heavy (non-hydrogen) atoms. The molecule has 0 spiro atoms. The van der Waals surface area contributed by atoms with Crippen LogP contribution in [0.3, 0.4) is 0 Å². The van der Waals surface area contributed by atoms with Crippen LogP contribution < -0.4 is 5.32 Å². The number of ether oxygens (including phenoxy) is 1. The van der Waals surface area contributed by atoms with E-state index in [1.807, 2.05) is 0 Å². The van der Waals surface area contributed by atoms with Crippen LogP contribution >= 0.6 is 0 Å². The highest BCUT2D eigenvalue weighted by Gasteiger charge is 2.08. The Kier molecular flexibility index (Phi) is 7.25. The van der Waals surface area contributed by atoms with Gasteiger partial charge in [-0.1, -0.05) is 0 Å². The van der Waals surface area contributed by atoms with Crippen molar-refractivity contribution in [2.45, 2.75) is 19.8 Å². The van der Waals surface area contributed by atoms with E-state index in [9.17, 15) is 14.4 Å². The molecule has 1 aromatic rings. The van der Waals surface area contributed by atoms with Gasteiger partial charge in [-0.05, 0) is 43.5 Å². The Balaban J connectivity index is 2.70. The zero-order valence-electron chi connectivity index (χ0n) is 12.4. The largest absolute Gasteiger partial charge is 0.466 e. The lowest BCUT2D eigenvalue weighted by molar-refractivity contribution is -0.144. The van der Waals surface area contributed by atoms with Crippen molar-refractivity contribution in [1.29, 1.82) is 0 Å². The second-order valence-electron chi connectivity index (χ2n) is 4.31. The standard InChI is InChI=1S/C16H18N2O4/c1-3-22-16(21)7-6-15(20)18-14-5-4-13(11-19)12(10-14)8-9-17-2/h4-5,8-11H,2-3,6-7H2,1H3,(H,18,20)/b9-8-. The third-order valence-electron chi connectivity index (χ3n) is 2.72. The summed E-state index contributed by atoms with van der Waals surface area (Å²) in [5.74, 6) is -0.710. The van der Waals surface area contributed by atoms with Gasteiger partial charge < -0.3 is 10.1 Å². The molecule has 116 valence electrons. The number of nitrogens with one attached hydrogen (secondary N) is 1. The molecule has 0 aliphatic carbocycles. The number of nitrogens with zero attached hydrogens (tertiary/aromatic N) is 1. The number of carbonyl (C=O) groups excluding carboxylic acids is 3. The molecule has 0 atom stereocenters. The minimum Gasteiger partial charge on any atom is -0.466 e. The summed E-state index contributed by atoms with van der Waals surface area (Å²) >= 11 is 0. The molecule has 0 aromatic heterocycles. The SMILES string of the molecule is C=N/C=C\c1cc(NC(=O)CCC(=O)OCC)ccc1C=O. The van der Waals surface area contributed by atoms with E-state index in [0.717, 1.165) is 6.29 Å². The Morgan fingerprint density at radius 1 is 1.32 bits per heavy atom. The maximum absolute atomic E-state index is 11.8. The molecule has 0 saturated heterocycles. The normalized spacial score (nSPS) is 10.2. The van der Waals surface area contributed by atoms with Gasteiger partial charge in [-0.2, -0.15) is 0 Å². The topological polar surface area (TPSA) is 84.8 Å². The quantitative estimate of drug-likeness (QED) is 0.454. The predicted octanol–water partition coefficient (Wildman–Crippen LogP) is 2.45. The molecule has 0 aliphatic rings. The van der Waals surface area contributed by atoms with E-state index >= 15 is 0 Å². The maximum Gasteiger partial charge on any atom is 0.306 e. The van der Waals surface area contributed by atoms with Gasteiger partial charge in [0.1, 0.15) is 0 Å². The van der Waals surface area contributed by atoms with Gasteiger partial charge >= 0.3 is 5.97 Å². The first-order valence-corrected chi connectivity index (χ1v) is 6.77. The van der Waals surface area contributed by atoms with Gasteiger partial charge in [0.05, 0.1) is 13.0 Å². The molecule has 0 fully saturated rings. The Morgan fingerprint density at radius 3 is 2.73 bits per heavy atom. The van der Waals surface area contributed by atoms with Crippen LogP contribution in [0.2, 0.25) is 0 Å². The van der Waals surface area contributed by atoms with Crippen LogP contribution in [0.1, 0.15) is 35.7 Å². The highest BCUT2D eigenvalue weighted by molar-refractivity contribution is 5.93. The number of aldehydes is 1. The second kappa shape index (κ2) is 9.23. The third kappa shape index (κ3) is 5.70. The van der Waals surface area contributed by atoms with Crippen molar-refractivity contribution in [1.82, 2.24) is 0 Å². The molecular formula is C16H18N2O4. The van der Waals surface area contributed by atoms with Crippen molar-refractivity contribution in [2.24, 2.45) is 4.99 Å². The first kappa shape index (κ1) is 17.3. The molecule has 0 heterocycles. The highest BCUT2D eigenvalue weighted by Crippen LogP contribution is 2.17. The number of benzene rings is 1. The number of hydrogen-bond donors (Lipinski definition) is 1. The summed E-state index contributed by atoms with van der Waals surface area (Å²) in [6.07, 6.45) is 3.85. The number of amides is 1. The van der Waals surface area contributed by atoms with Gasteiger partial charge in [-0.3, -0.25) is 19.4 Å². The van der Waals surface area contributed by atoms with Gasteiger partial charge in [0.2, 0.25) is 5.91 Å². The van der Waals surface area contributed by atoms with Crippen LogP contribution in [0.25, 0.3) is 6.08 Å². The van der Waals surface area contributed by atoms with E-state index in [1.54, 1.807) is 31.2 Å². The molecular weight excluding hydrogens is 284 g/mol. The van der Waals surface area contributed by atoms with Crippen LogP contribution in [0.15, 0.2) is 29.4 Å². The fraction of sp³-hybridized carbons (Fsp3) is 0.250. The van der Waals surface area contributed by atoms with Crippen LogP contribution in [-0.2, 0) is 14.3 Å². The van der Waals surface area contributed by atoms with E-state index in [0.29, 0.717) is 23.4 Å². The van der Waals surface area contributed by atoms with Crippen LogP contribution in [0, 0.1) is 0 Å². The number of anilines is 1. The maximum atomic E-state index is 11.8. The average Bonchev–Trinajstić information content (AvgIpc) is 2.51. The van der Waals surface area contributed by atoms with E-state index in [2.05, 4.69) is 17.0 Å². The molecule has 6 heteroatoms. The fourth-order valence-corrected chi connectivity index (χ4v) is 1.71. The van der Waals surface area contributed by atoms with E-state index in [-0.39, 0.29) is 18.7 Å². The lowest BCUT2D eigenvalue weighted by Gasteiger charge is -2.07. The van der Waals surface area contributed by atoms with Crippen molar-refractivity contribution in [3.63, 3.8) is 0 Å². The first-order valence-electron chi connectivity index (χ1n) is 6.77. The minimum absolute atomic E-state index is 0.0270. The van der Waals surface area contributed by atoms with Crippen molar-refractivity contribution in [3.05, 3.63) is 35.5 Å². The fourth-order valence-electron chi connectivity index (χ4n) is 1.71. The average molecular weight is 302 g/mol. The van der Waals surface area contributed by atoms with Gasteiger partial charge in [0.15, 0.2) is 6.29 Å². The Labute approximate surface area is 128 Å². The lowest BCUT2D eigenvalue weighted by atomic mass is 10.1. The summed E-state index contributed by atoms with van der Waals surface area (Å²) in [6.45, 7) is 5.32. The molecule has 1 aromatic carbocycles. The molecule has 0 saturated carbocycles. The van der Waals surface area contributed by atoms with Crippen LogP contribution in [0.4, 0.5) is 5.69 Å². The summed E-state index contributed by atoms with van der Waals surface area (Å²) in [6, 6.07) is 4.86. The van der Waals surface area contributed by atoms with Crippen molar-refractivity contribution in [3.8, 4) is 0 Å². The minimum atomic E-state index is -0.408. The number of aliphatic imine (C=N–C) groups is 1. The lowest BCUT2D eigenvalue weighted by Crippen LogP contribution is -2.14. The van der Waals surface area contributed by atoms with Gasteiger partial charge in [0.25, 0.3) is 0 Å². The zero-order chi connectivity index (χ0) is 16.4. The van der Waals surface area contributed by atoms with E-state index < -0.39 is 5.97 Å². The summed E-state index contributed by atoms with van der Waals surface area (Å²) in [7, 11) is 0. The van der Waals surface area contributed by atoms with Crippen molar-refractivity contribution >= 4 is 36.6 Å². The summed E-state index contributed by atoms with van der Waals surface area (Å²) in [4.78, 5) is 37.5.